The van der Waals surface area contributed by atoms with Crippen LogP contribution in [0.15, 0.2) is 0 Å². The predicted molar refractivity (Wildman–Crippen MR) is 79.8 cm³/mol. The Kier molecular flexibility index (Phi) is 11.9. The fraction of sp³-hybridized carbons (Fsp3) is 0.857. The van der Waals surface area contributed by atoms with Crippen LogP contribution in [0.25, 0.3) is 0 Å². The van der Waals surface area contributed by atoms with E-state index in [-0.39, 0.29) is 12.5 Å². The van der Waals surface area contributed by atoms with Crippen LogP contribution in [-0.4, -0.2) is 43.3 Å². The molecule has 4 N–H and O–H groups in total. The molecule has 1 atom stereocenters. The summed E-state index contributed by atoms with van der Waals surface area (Å²) >= 11 is 0. The van der Waals surface area contributed by atoms with Gasteiger partial charge in [-0.05, 0) is 38.3 Å². The van der Waals surface area contributed by atoms with Gasteiger partial charge in [-0.25, -0.2) is 4.79 Å². The van der Waals surface area contributed by atoms with Gasteiger partial charge in [0.15, 0.2) is 0 Å². The summed E-state index contributed by atoms with van der Waals surface area (Å²) in [6.45, 7) is 7.21. The quantitative estimate of drug-likeness (QED) is 0.410. The van der Waals surface area contributed by atoms with E-state index < -0.39 is 5.97 Å². The van der Waals surface area contributed by atoms with Gasteiger partial charge in [0.1, 0.15) is 0 Å². The molecule has 0 fully saturated rings. The minimum atomic E-state index is -0.755. The number of carbonyl (C=O) groups excluding carboxylic acids is 1. The van der Waals surface area contributed by atoms with Crippen molar-refractivity contribution in [2.45, 2.75) is 46.0 Å². The second-order valence-corrected chi connectivity index (χ2v) is 4.89. The standard InChI is InChI=1S/C14H29N3O3/c1-3-12(6-7-13(18)19)8-11-17-14(20)16-10-5-9-15-4-2/h12,15H,3-11H2,1-2H3,(H,18,19)(H2,16,17,20). The molecule has 0 heterocycles. The third kappa shape index (κ3) is 11.8. The summed E-state index contributed by atoms with van der Waals surface area (Å²) in [5.74, 6) is -0.394. The first kappa shape index (κ1) is 18.7. The highest BCUT2D eigenvalue weighted by Gasteiger charge is 2.09. The Morgan fingerprint density at radius 3 is 2.35 bits per heavy atom. The van der Waals surface area contributed by atoms with Crippen LogP contribution in [0.1, 0.15) is 46.0 Å². The molecule has 0 saturated carbocycles. The van der Waals surface area contributed by atoms with Gasteiger partial charge in [0, 0.05) is 19.5 Å². The Balaban J connectivity index is 3.55. The van der Waals surface area contributed by atoms with Gasteiger partial charge in [-0.3, -0.25) is 4.79 Å². The van der Waals surface area contributed by atoms with Crippen LogP contribution in [0.5, 0.6) is 0 Å². The zero-order chi connectivity index (χ0) is 15.2. The van der Waals surface area contributed by atoms with Crippen LogP contribution in [0.3, 0.4) is 0 Å². The lowest BCUT2D eigenvalue weighted by Gasteiger charge is -2.14. The van der Waals surface area contributed by atoms with Crippen LogP contribution in [0, 0.1) is 5.92 Å². The number of carboxylic acid groups (broad SMARTS) is 1. The van der Waals surface area contributed by atoms with Gasteiger partial charge in [0.2, 0.25) is 0 Å². The number of nitrogens with one attached hydrogen (secondary N) is 3. The first-order valence-electron chi connectivity index (χ1n) is 7.54. The maximum atomic E-state index is 11.5. The molecule has 20 heavy (non-hydrogen) atoms. The zero-order valence-corrected chi connectivity index (χ0v) is 12.7. The van der Waals surface area contributed by atoms with E-state index in [1.807, 2.05) is 6.92 Å². The highest BCUT2D eigenvalue weighted by atomic mass is 16.4. The van der Waals surface area contributed by atoms with E-state index in [4.69, 9.17) is 5.11 Å². The van der Waals surface area contributed by atoms with E-state index in [9.17, 15) is 9.59 Å². The summed E-state index contributed by atoms with van der Waals surface area (Å²) in [7, 11) is 0. The molecule has 0 saturated heterocycles. The molecule has 0 aliphatic heterocycles. The lowest BCUT2D eigenvalue weighted by molar-refractivity contribution is -0.137. The SMILES string of the molecule is CCNCCCNC(=O)NCCC(CC)CCC(=O)O. The second-order valence-electron chi connectivity index (χ2n) is 4.89. The molecule has 0 aromatic carbocycles. The van der Waals surface area contributed by atoms with E-state index in [1.54, 1.807) is 0 Å². The Morgan fingerprint density at radius 2 is 1.75 bits per heavy atom. The lowest BCUT2D eigenvalue weighted by Crippen LogP contribution is -2.37. The molecule has 6 nitrogen and oxygen atoms in total. The number of carbonyl (C=O) groups is 2. The molecule has 118 valence electrons. The van der Waals surface area contributed by atoms with E-state index in [2.05, 4.69) is 22.9 Å². The Morgan fingerprint density at radius 1 is 1.05 bits per heavy atom. The first-order chi connectivity index (χ1) is 9.60. The average Bonchev–Trinajstić information content (AvgIpc) is 2.42. The van der Waals surface area contributed by atoms with E-state index in [1.165, 1.54) is 0 Å². The molecular weight excluding hydrogens is 258 g/mol. The summed E-state index contributed by atoms with van der Waals surface area (Å²) in [4.78, 5) is 22.0. The molecule has 0 aromatic rings. The monoisotopic (exact) mass is 287 g/mol. The Bertz CT molecular complexity index is 272. The van der Waals surface area contributed by atoms with Gasteiger partial charge in [-0.1, -0.05) is 20.3 Å². The number of urea groups is 1. The van der Waals surface area contributed by atoms with Crippen molar-refractivity contribution >= 4 is 12.0 Å². The number of hydrogen-bond acceptors (Lipinski definition) is 3. The number of carboxylic acids is 1. The van der Waals surface area contributed by atoms with Crippen LogP contribution < -0.4 is 16.0 Å². The lowest BCUT2D eigenvalue weighted by atomic mass is 9.97. The summed E-state index contributed by atoms with van der Waals surface area (Å²) in [5.41, 5.74) is 0. The van der Waals surface area contributed by atoms with Crippen molar-refractivity contribution in [3.8, 4) is 0 Å². The third-order valence-corrected chi connectivity index (χ3v) is 3.25. The number of aliphatic carboxylic acids is 1. The fourth-order valence-corrected chi connectivity index (χ4v) is 1.92. The Labute approximate surface area is 121 Å². The molecule has 0 spiro atoms. The van der Waals surface area contributed by atoms with E-state index in [0.717, 1.165) is 32.4 Å². The average molecular weight is 287 g/mol. The summed E-state index contributed by atoms with van der Waals surface area (Å²) in [6, 6.07) is -0.144. The van der Waals surface area contributed by atoms with Crippen LogP contribution in [-0.2, 0) is 4.79 Å². The molecule has 0 aromatic heterocycles. The van der Waals surface area contributed by atoms with E-state index >= 15 is 0 Å². The largest absolute Gasteiger partial charge is 0.481 e. The summed E-state index contributed by atoms with van der Waals surface area (Å²) in [6.07, 6.45) is 3.57. The topological polar surface area (TPSA) is 90.5 Å². The predicted octanol–water partition coefficient (Wildman–Crippen LogP) is 1.57. The van der Waals surface area contributed by atoms with E-state index in [0.29, 0.717) is 25.4 Å². The Hall–Kier alpha value is -1.30. The summed E-state index contributed by atoms with van der Waals surface area (Å²) < 4.78 is 0. The highest BCUT2D eigenvalue weighted by molar-refractivity contribution is 5.73. The van der Waals surface area contributed by atoms with Gasteiger partial charge < -0.3 is 21.1 Å². The molecule has 0 rings (SSSR count). The molecule has 0 aliphatic carbocycles. The third-order valence-electron chi connectivity index (χ3n) is 3.25. The number of rotatable bonds is 12. The van der Waals surface area contributed by atoms with Crippen molar-refractivity contribution in [3.05, 3.63) is 0 Å². The van der Waals surface area contributed by atoms with Gasteiger partial charge in [0.05, 0.1) is 0 Å². The van der Waals surface area contributed by atoms with Crippen molar-refractivity contribution in [2.24, 2.45) is 5.92 Å². The molecule has 0 bridgehead atoms. The van der Waals surface area contributed by atoms with Gasteiger partial charge >= 0.3 is 12.0 Å². The van der Waals surface area contributed by atoms with Crippen LogP contribution in [0.4, 0.5) is 4.79 Å². The number of amides is 2. The van der Waals surface area contributed by atoms with Crippen molar-refractivity contribution in [1.82, 2.24) is 16.0 Å². The second kappa shape index (κ2) is 12.7. The molecule has 0 radical (unpaired) electrons. The minimum Gasteiger partial charge on any atom is -0.481 e. The van der Waals surface area contributed by atoms with Gasteiger partial charge in [0.25, 0.3) is 0 Å². The first-order valence-corrected chi connectivity index (χ1v) is 7.54. The zero-order valence-electron chi connectivity index (χ0n) is 12.7. The molecular formula is C14H29N3O3. The summed E-state index contributed by atoms with van der Waals surface area (Å²) in [5, 5.41) is 17.4. The molecule has 0 aliphatic rings. The van der Waals surface area contributed by atoms with Gasteiger partial charge in [-0.2, -0.15) is 0 Å². The normalized spacial score (nSPS) is 11.9. The van der Waals surface area contributed by atoms with Crippen molar-refractivity contribution < 1.29 is 14.7 Å². The minimum absolute atomic E-state index is 0.144. The molecule has 1 unspecified atom stereocenters. The number of hydrogen-bond donors (Lipinski definition) is 4. The van der Waals surface area contributed by atoms with Crippen molar-refractivity contribution in [1.29, 1.82) is 0 Å². The maximum absolute atomic E-state index is 11.5. The molecule has 6 heteroatoms. The van der Waals surface area contributed by atoms with Crippen molar-refractivity contribution in [2.75, 3.05) is 26.2 Å². The van der Waals surface area contributed by atoms with Crippen molar-refractivity contribution in [3.63, 3.8) is 0 Å². The van der Waals surface area contributed by atoms with Crippen LogP contribution in [0.2, 0.25) is 0 Å². The van der Waals surface area contributed by atoms with Crippen LogP contribution >= 0.6 is 0 Å². The maximum Gasteiger partial charge on any atom is 0.314 e. The highest BCUT2D eigenvalue weighted by Crippen LogP contribution is 2.14. The fourth-order valence-electron chi connectivity index (χ4n) is 1.92. The molecule has 2 amide bonds. The smallest absolute Gasteiger partial charge is 0.314 e. The van der Waals surface area contributed by atoms with Gasteiger partial charge in [-0.15, -0.1) is 0 Å².